The first-order valence-corrected chi connectivity index (χ1v) is 8.37. The Bertz CT molecular complexity index is 1090. The summed E-state index contributed by atoms with van der Waals surface area (Å²) in [5.41, 5.74) is 2.07. The predicted molar refractivity (Wildman–Crippen MR) is 93.9 cm³/mol. The summed E-state index contributed by atoms with van der Waals surface area (Å²) in [7, 11) is 0. The largest absolute Gasteiger partial charge is 0.326 e. The van der Waals surface area contributed by atoms with Gasteiger partial charge in [-0.05, 0) is 53.6 Å². The second kappa shape index (κ2) is 5.72. The Hall–Kier alpha value is -2.73. The van der Waals surface area contributed by atoms with Crippen molar-refractivity contribution in [2.45, 2.75) is 13.5 Å². The third-order valence-corrected chi connectivity index (χ3v) is 5.02. The molecule has 0 spiro atoms. The molecule has 4 nitrogen and oxygen atoms in total. The van der Waals surface area contributed by atoms with Crippen LogP contribution in [0.2, 0.25) is 0 Å². The van der Waals surface area contributed by atoms with Gasteiger partial charge < -0.3 is 9.55 Å². The van der Waals surface area contributed by atoms with E-state index in [0.29, 0.717) is 17.6 Å². The number of rotatable bonds is 3. The standard InChI is InChI=1S/C18H14FN3OS/c1-11-4-7-24-16(11)17-20-5-6-22(17)10-13-8-12-2-3-14(19)9-15(12)21-18(13)23/h2-9H,10H2,1H3,(H,21,23). The van der Waals surface area contributed by atoms with Crippen LogP contribution in [0.3, 0.4) is 0 Å². The maximum Gasteiger partial charge on any atom is 0.253 e. The molecule has 4 aromatic rings. The summed E-state index contributed by atoms with van der Waals surface area (Å²) in [6, 6.07) is 8.25. The van der Waals surface area contributed by atoms with Gasteiger partial charge >= 0.3 is 0 Å². The minimum atomic E-state index is -0.365. The fourth-order valence-corrected chi connectivity index (χ4v) is 3.70. The van der Waals surface area contributed by atoms with E-state index in [1.807, 2.05) is 23.1 Å². The van der Waals surface area contributed by atoms with Gasteiger partial charge in [-0.2, -0.15) is 0 Å². The van der Waals surface area contributed by atoms with Gasteiger partial charge in [0.05, 0.1) is 16.9 Å². The lowest BCUT2D eigenvalue weighted by Crippen LogP contribution is -2.15. The van der Waals surface area contributed by atoms with Crippen molar-refractivity contribution in [3.05, 3.63) is 75.4 Å². The van der Waals surface area contributed by atoms with Gasteiger partial charge in [0.2, 0.25) is 0 Å². The highest BCUT2D eigenvalue weighted by molar-refractivity contribution is 7.13. The number of imidazole rings is 1. The summed E-state index contributed by atoms with van der Waals surface area (Å²) in [5.74, 6) is 0.483. The van der Waals surface area contributed by atoms with Gasteiger partial charge in [0, 0.05) is 18.0 Å². The van der Waals surface area contributed by atoms with Gasteiger partial charge in [-0.15, -0.1) is 11.3 Å². The lowest BCUT2D eigenvalue weighted by atomic mass is 10.1. The summed E-state index contributed by atoms with van der Waals surface area (Å²) < 4.78 is 15.2. The third kappa shape index (κ3) is 2.55. The number of nitrogens with zero attached hydrogens (tertiary/aromatic N) is 2. The Morgan fingerprint density at radius 2 is 2.17 bits per heavy atom. The van der Waals surface area contributed by atoms with E-state index >= 15 is 0 Å². The number of hydrogen-bond donors (Lipinski definition) is 1. The molecular weight excluding hydrogens is 325 g/mol. The van der Waals surface area contributed by atoms with E-state index in [1.165, 1.54) is 12.1 Å². The topological polar surface area (TPSA) is 50.7 Å². The Morgan fingerprint density at radius 3 is 2.96 bits per heavy atom. The second-order valence-electron chi connectivity index (χ2n) is 5.67. The number of H-pyrrole nitrogens is 1. The minimum absolute atomic E-state index is 0.212. The Labute approximate surface area is 141 Å². The van der Waals surface area contributed by atoms with Crippen LogP contribution in [-0.2, 0) is 6.54 Å². The molecule has 3 aromatic heterocycles. The van der Waals surface area contributed by atoms with Crippen LogP contribution in [0.5, 0.6) is 0 Å². The van der Waals surface area contributed by atoms with Crippen LogP contribution < -0.4 is 5.56 Å². The van der Waals surface area contributed by atoms with E-state index in [2.05, 4.69) is 16.0 Å². The Balaban J connectivity index is 1.77. The number of nitrogens with one attached hydrogen (secondary N) is 1. The lowest BCUT2D eigenvalue weighted by molar-refractivity contribution is 0.629. The zero-order valence-corrected chi connectivity index (χ0v) is 13.7. The normalized spacial score (nSPS) is 11.2. The highest BCUT2D eigenvalue weighted by atomic mass is 32.1. The first kappa shape index (κ1) is 14.8. The summed E-state index contributed by atoms with van der Waals surface area (Å²) in [6.45, 7) is 2.46. The molecule has 4 rings (SSSR count). The van der Waals surface area contributed by atoms with Crippen LogP contribution in [0.25, 0.3) is 21.6 Å². The average molecular weight is 339 g/mol. The van der Waals surface area contributed by atoms with Crippen molar-refractivity contribution in [2.24, 2.45) is 0 Å². The molecule has 1 aromatic carbocycles. The van der Waals surface area contributed by atoms with Crippen LogP contribution in [0.4, 0.5) is 4.39 Å². The first-order chi connectivity index (χ1) is 11.6. The summed E-state index contributed by atoms with van der Waals surface area (Å²) in [4.78, 5) is 20.6. The number of aromatic nitrogens is 3. The molecule has 3 heterocycles. The van der Waals surface area contributed by atoms with E-state index in [9.17, 15) is 9.18 Å². The van der Waals surface area contributed by atoms with Crippen LogP contribution in [0.15, 0.2) is 52.9 Å². The molecular formula is C18H14FN3OS. The number of hydrogen-bond acceptors (Lipinski definition) is 3. The molecule has 120 valence electrons. The van der Waals surface area contributed by atoms with Gasteiger partial charge in [-0.1, -0.05) is 0 Å². The molecule has 0 saturated carbocycles. The van der Waals surface area contributed by atoms with E-state index in [0.717, 1.165) is 21.7 Å². The van der Waals surface area contributed by atoms with Crippen molar-refractivity contribution in [3.63, 3.8) is 0 Å². The number of halogens is 1. The molecule has 0 atom stereocenters. The van der Waals surface area contributed by atoms with Crippen LogP contribution >= 0.6 is 11.3 Å². The summed E-state index contributed by atoms with van der Waals surface area (Å²) >= 11 is 1.63. The van der Waals surface area contributed by atoms with Crippen LogP contribution in [0, 0.1) is 12.7 Å². The molecule has 0 aliphatic heterocycles. The molecule has 0 radical (unpaired) electrons. The summed E-state index contributed by atoms with van der Waals surface area (Å²) in [5, 5.41) is 2.83. The monoisotopic (exact) mass is 339 g/mol. The van der Waals surface area contributed by atoms with E-state index in [4.69, 9.17) is 0 Å². The molecule has 24 heavy (non-hydrogen) atoms. The smallest absolute Gasteiger partial charge is 0.253 e. The molecule has 0 amide bonds. The lowest BCUT2D eigenvalue weighted by Gasteiger charge is -2.08. The van der Waals surface area contributed by atoms with Gasteiger partial charge in [0.15, 0.2) is 5.82 Å². The van der Waals surface area contributed by atoms with E-state index in [1.54, 1.807) is 29.7 Å². The van der Waals surface area contributed by atoms with Gasteiger partial charge in [0.25, 0.3) is 5.56 Å². The fraction of sp³-hybridized carbons (Fsp3) is 0.111. The van der Waals surface area contributed by atoms with Crippen LogP contribution in [0.1, 0.15) is 11.1 Å². The molecule has 0 unspecified atom stereocenters. The molecule has 0 aliphatic carbocycles. The second-order valence-corrected chi connectivity index (χ2v) is 6.58. The van der Waals surface area contributed by atoms with E-state index < -0.39 is 0 Å². The molecule has 0 fully saturated rings. The zero-order chi connectivity index (χ0) is 16.7. The van der Waals surface area contributed by atoms with Crippen molar-refractivity contribution < 1.29 is 4.39 Å². The molecule has 0 aliphatic rings. The van der Waals surface area contributed by atoms with Gasteiger partial charge in [0.1, 0.15) is 5.82 Å². The van der Waals surface area contributed by atoms with Crippen LogP contribution in [-0.4, -0.2) is 14.5 Å². The first-order valence-electron chi connectivity index (χ1n) is 7.49. The fourth-order valence-electron chi connectivity index (χ4n) is 2.77. The van der Waals surface area contributed by atoms with E-state index in [-0.39, 0.29) is 11.4 Å². The van der Waals surface area contributed by atoms with Gasteiger partial charge in [-0.3, -0.25) is 4.79 Å². The molecule has 1 N–H and O–H groups in total. The molecule has 6 heteroatoms. The van der Waals surface area contributed by atoms with Crippen molar-refractivity contribution in [1.29, 1.82) is 0 Å². The number of aromatic amines is 1. The average Bonchev–Trinajstić information content (AvgIpc) is 3.16. The number of pyridine rings is 1. The third-order valence-electron chi connectivity index (χ3n) is 4.01. The highest BCUT2D eigenvalue weighted by Gasteiger charge is 2.12. The zero-order valence-electron chi connectivity index (χ0n) is 12.9. The van der Waals surface area contributed by atoms with Crippen molar-refractivity contribution in [1.82, 2.24) is 14.5 Å². The van der Waals surface area contributed by atoms with Crippen molar-refractivity contribution in [2.75, 3.05) is 0 Å². The van der Waals surface area contributed by atoms with Crippen molar-refractivity contribution >= 4 is 22.2 Å². The number of fused-ring (bicyclic) bond motifs is 1. The SMILES string of the molecule is Cc1ccsc1-c1nccn1Cc1cc2ccc(F)cc2[nH]c1=O. The number of thiophene rings is 1. The number of benzene rings is 1. The van der Waals surface area contributed by atoms with Gasteiger partial charge in [-0.25, -0.2) is 9.37 Å². The molecule has 0 bridgehead atoms. The summed E-state index contributed by atoms with van der Waals surface area (Å²) in [6.07, 6.45) is 3.60. The maximum atomic E-state index is 13.3. The maximum absolute atomic E-state index is 13.3. The highest BCUT2D eigenvalue weighted by Crippen LogP contribution is 2.28. The number of aryl methyl sites for hydroxylation is 1. The Morgan fingerprint density at radius 1 is 1.29 bits per heavy atom. The predicted octanol–water partition coefficient (Wildman–Crippen LogP) is 3.95. The quantitative estimate of drug-likeness (QED) is 0.614. The van der Waals surface area contributed by atoms with Crippen molar-refractivity contribution in [3.8, 4) is 10.7 Å². The Kier molecular flexibility index (Phi) is 3.54. The minimum Gasteiger partial charge on any atom is -0.326 e. The molecule has 0 saturated heterocycles.